The first-order chi connectivity index (χ1) is 10.1. The van der Waals surface area contributed by atoms with Crippen LogP contribution in [-0.2, 0) is 4.79 Å². The van der Waals surface area contributed by atoms with Crippen molar-refractivity contribution in [3.63, 3.8) is 0 Å². The van der Waals surface area contributed by atoms with Gasteiger partial charge in [0.1, 0.15) is 5.82 Å². The van der Waals surface area contributed by atoms with Crippen molar-refractivity contribution in [1.82, 2.24) is 15.0 Å². The third kappa shape index (κ3) is 2.76. The first kappa shape index (κ1) is 13.3. The molecule has 3 rings (SSSR count). The van der Waals surface area contributed by atoms with Gasteiger partial charge in [0.15, 0.2) is 0 Å². The Kier molecular flexibility index (Phi) is 3.39. The van der Waals surface area contributed by atoms with Crippen molar-refractivity contribution in [2.24, 2.45) is 5.73 Å². The fourth-order valence-corrected chi connectivity index (χ4v) is 2.40. The van der Waals surface area contributed by atoms with E-state index in [2.05, 4.69) is 15.0 Å². The molecular weight excluding hydrogens is 264 g/mol. The number of imidazole rings is 1. The van der Waals surface area contributed by atoms with Crippen LogP contribution in [0.2, 0.25) is 0 Å². The molecule has 1 unspecified atom stereocenters. The highest BCUT2D eigenvalue weighted by Crippen LogP contribution is 2.25. The number of nitrogens with one attached hydrogen (secondary N) is 1. The number of benzene rings is 1. The highest BCUT2D eigenvalue weighted by atomic mass is 16.1. The van der Waals surface area contributed by atoms with Gasteiger partial charge in [-0.1, -0.05) is 13.0 Å². The second-order valence-corrected chi connectivity index (χ2v) is 5.17. The van der Waals surface area contributed by atoms with Gasteiger partial charge in [-0.15, -0.1) is 0 Å². The van der Waals surface area contributed by atoms with Crippen LogP contribution in [0.3, 0.4) is 0 Å². The number of rotatable bonds is 4. The van der Waals surface area contributed by atoms with E-state index < -0.39 is 0 Å². The van der Waals surface area contributed by atoms with Gasteiger partial charge in [-0.05, 0) is 35.7 Å². The zero-order valence-electron chi connectivity index (χ0n) is 11.7. The molecule has 1 atom stereocenters. The van der Waals surface area contributed by atoms with Gasteiger partial charge in [-0.25, -0.2) is 4.98 Å². The average molecular weight is 280 g/mol. The summed E-state index contributed by atoms with van der Waals surface area (Å²) in [5.41, 5.74) is 9.18. The topological polar surface area (TPSA) is 84.7 Å². The highest BCUT2D eigenvalue weighted by molar-refractivity contribution is 5.80. The maximum atomic E-state index is 11.0. The number of pyridine rings is 1. The molecule has 0 aliphatic rings. The first-order valence-electron chi connectivity index (χ1n) is 6.82. The Labute approximate surface area is 122 Å². The van der Waals surface area contributed by atoms with E-state index in [1.807, 2.05) is 37.3 Å². The number of amides is 1. The van der Waals surface area contributed by atoms with Gasteiger partial charge in [-0.3, -0.25) is 9.78 Å². The van der Waals surface area contributed by atoms with Crippen molar-refractivity contribution < 1.29 is 4.79 Å². The van der Waals surface area contributed by atoms with Crippen molar-refractivity contribution in [1.29, 1.82) is 0 Å². The number of hydrogen-bond donors (Lipinski definition) is 2. The predicted octanol–water partition coefficient (Wildman–Crippen LogP) is 2.60. The summed E-state index contributed by atoms with van der Waals surface area (Å²) in [6.45, 7) is 1.99. The monoisotopic (exact) mass is 280 g/mol. The number of nitrogens with zero attached hydrogens (tertiary/aromatic N) is 2. The Hall–Kier alpha value is -2.69. The molecule has 21 heavy (non-hydrogen) atoms. The van der Waals surface area contributed by atoms with Crippen molar-refractivity contribution >= 4 is 16.9 Å². The minimum Gasteiger partial charge on any atom is -0.370 e. The van der Waals surface area contributed by atoms with Crippen molar-refractivity contribution in [2.75, 3.05) is 0 Å². The summed E-state index contributed by atoms with van der Waals surface area (Å²) in [5, 5.41) is 0. The molecule has 0 spiro atoms. The molecule has 1 aromatic carbocycles. The van der Waals surface area contributed by atoms with Crippen LogP contribution >= 0.6 is 0 Å². The summed E-state index contributed by atoms with van der Waals surface area (Å²) in [5.74, 6) is 0.622. The third-order valence-corrected chi connectivity index (χ3v) is 3.54. The summed E-state index contributed by atoms with van der Waals surface area (Å²) < 4.78 is 0. The number of H-pyrrole nitrogens is 1. The van der Waals surface area contributed by atoms with Crippen LogP contribution in [-0.4, -0.2) is 20.9 Å². The van der Waals surface area contributed by atoms with E-state index in [4.69, 9.17) is 5.73 Å². The first-order valence-corrected chi connectivity index (χ1v) is 6.82. The van der Waals surface area contributed by atoms with Crippen LogP contribution in [0.25, 0.3) is 22.4 Å². The lowest BCUT2D eigenvalue weighted by molar-refractivity contribution is -0.118. The molecule has 0 aliphatic heterocycles. The van der Waals surface area contributed by atoms with Gasteiger partial charge in [0.05, 0.1) is 11.0 Å². The smallest absolute Gasteiger partial charge is 0.218 e. The molecule has 106 valence electrons. The zero-order valence-corrected chi connectivity index (χ0v) is 11.7. The molecule has 0 aliphatic carbocycles. The molecule has 1 amide bonds. The number of fused-ring (bicyclic) bond motifs is 1. The molecule has 5 heteroatoms. The molecule has 0 bridgehead atoms. The van der Waals surface area contributed by atoms with Gasteiger partial charge in [0.2, 0.25) is 5.91 Å². The molecule has 3 N–H and O–H groups in total. The van der Waals surface area contributed by atoms with E-state index in [0.717, 1.165) is 28.0 Å². The molecular formula is C16H16N4O. The van der Waals surface area contributed by atoms with E-state index in [0.29, 0.717) is 6.42 Å². The summed E-state index contributed by atoms with van der Waals surface area (Å²) in [4.78, 5) is 22.9. The fourth-order valence-electron chi connectivity index (χ4n) is 2.40. The SMILES string of the molecule is CC(CC(N)=O)c1ccc2nc(-c3ccncc3)[nH]c2c1. The van der Waals surface area contributed by atoms with Gasteiger partial charge < -0.3 is 10.7 Å². The fraction of sp³-hybridized carbons (Fsp3) is 0.188. The summed E-state index contributed by atoms with van der Waals surface area (Å²) in [6, 6.07) is 9.81. The zero-order chi connectivity index (χ0) is 14.8. The van der Waals surface area contributed by atoms with Gasteiger partial charge in [-0.2, -0.15) is 0 Å². The van der Waals surface area contributed by atoms with Crippen LogP contribution in [0.4, 0.5) is 0 Å². The van der Waals surface area contributed by atoms with E-state index in [1.165, 1.54) is 0 Å². The second-order valence-electron chi connectivity index (χ2n) is 5.17. The normalized spacial score (nSPS) is 12.4. The standard InChI is InChI=1S/C16H16N4O/c1-10(8-15(17)21)12-2-3-13-14(9-12)20-16(19-13)11-4-6-18-7-5-11/h2-7,9-10H,8H2,1H3,(H2,17,21)(H,19,20). The summed E-state index contributed by atoms with van der Waals surface area (Å²) in [6.07, 6.45) is 3.82. The van der Waals surface area contributed by atoms with Crippen LogP contribution in [0.5, 0.6) is 0 Å². The maximum Gasteiger partial charge on any atom is 0.218 e. The molecule has 0 fully saturated rings. The number of aromatic nitrogens is 3. The quantitative estimate of drug-likeness (QED) is 0.770. The number of carbonyl (C=O) groups is 1. The Morgan fingerprint density at radius 1 is 1.29 bits per heavy atom. The lowest BCUT2D eigenvalue weighted by Crippen LogP contribution is -2.13. The maximum absolute atomic E-state index is 11.0. The van der Waals surface area contributed by atoms with E-state index in [-0.39, 0.29) is 11.8 Å². The Morgan fingerprint density at radius 3 is 2.76 bits per heavy atom. The van der Waals surface area contributed by atoms with Crippen LogP contribution < -0.4 is 5.73 Å². The minimum absolute atomic E-state index is 0.0968. The molecule has 3 aromatic rings. The van der Waals surface area contributed by atoms with E-state index >= 15 is 0 Å². The highest BCUT2D eigenvalue weighted by Gasteiger charge is 2.11. The predicted molar refractivity (Wildman–Crippen MR) is 81.6 cm³/mol. The van der Waals surface area contributed by atoms with E-state index in [1.54, 1.807) is 12.4 Å². The van der Waals surface area contributed by atoms with Crippen LogP contribution in [0.1, 0.15) is 24.8 Å². The van der Waals surface area contributed by atoms with Crippen LogP contribution in [0, 0.1) is 0 Å². The Bertz CT molecular complexity index is 779. The van der Waals surface area contributed by atoms with Crippen molar-refractivity contribution in [3.05, 3.63) is 48.3 Å². The lowest BCUT2D eigenvalue weighted by Gasteiger charge is -2.08. The molecule has 0 radical (unpaired) electrons. The average Bonchev–Trinajstić information content (AvgIpc) is 2.90. The molecule has 5 nitrogen and oxygen atoms in total. The van der Waals surface area contributed by atoms with Gasteiger partial charge >= 0.3 is 0 Å². The number of hydrogen-bond acceptors (Lipinski definition) is 3. The largest absolute Gasteiger partial charge is 0.370 e. The lowest BCUT2D eigenvalue weighted by atomic mass is 9.97. The molecule has 2 aromatic heterocycles. The second kappa shape index (κ2) is 5.36. The minimum atomic E-state index is -0.287. The molecule has 2 heterocycles. The molecule has 0 saturated heterocycles. The molecule has 0 saturated carbocycles. The summed E-state index contributed by atoms with van der Waals surface area (Å²) >= 11 is 0. The van der Waals surface area contributed by atoms with Gasteiger partial charge in [0, 0.05) is 24.4 Å². The number of aromatic amines is 1. The Morgan fingerprint density at radius 2 is 2.05 bits per heavy atom. The van der Waals surface area contributed by atoms with Gasteiger partial charge in [0.25, 0.3) is 0 Å². The Balaban J connectivity index is 1.97. The van der Waals surface area contributed by atoms with Crippen molar-refractivity contribution in [2.45, 2.75) is 19.3 Å². The van der Waals surface area contributed by atoms with Crippen molar-refractivity contribution in [3.8, 4) is 11.4 Å². The third-order valence-electron chi connectivity index (χ3n) is 3.54. The van der Waals surface area contributed by atoms with E-state index in [9.17, 15) is 4.79 Å². The van der Waals surface area contributed by atoms with Crippen LogP contribution in [0.15, 0.2) is 42.7 Å². The number of carbonyl (C=O) groups excluding carboxylic acids is 1. The summed E-state index contributed by atoms with van der Waals surface area (Å²) in [7, 11) is 0. The number of primary amides is 1. The number of nitrogens with two attached hydrogens (primary N) is 1.